The summed E-state index contributed by atoms with van der Waals surface area (Å²) in [4.78, 5) is 4.13. The fraction of sp³-hybridized carbons (Fsp3) is 0.250. The Labute approximate surface area is 118 Å². The lowest BCUT2D eigenvalue weighted by atomic mass is 10.1. The standard InChI is InChI=1S/C16H18N4/c1-20-16(6-9-19-20)5-8-17-11-13-2-3-15-12-18-7-4-14(15)10-13/h2-4,6-7,9-10,12,17H,5,8,11H2,1H3. The molecule has 4 nitrogen and oxygen atoms in total. The van der Waals surface area contributed by atoms with Crippen LogP contribution in [0, 0.1) is 0 Å². The maximum Gasteiger partial charge on any atom is 0.0492 e. The number of nitrogens with zero attached hydrogens (tertiary/aromatic N) is 3. The summed E-state index contributed by atoms with van der Waals surface area (Å²) in [5.74, 6) is 0. The van der Waals surface area contributed by atoms with E-state index in [2.05, 4.69) is 45.7 Å². The number of aromatic nitrogens is 3. The zero-order valence-electron chi connectivity index (χ0n) is 11.6. The van der Waals surface area contributed by atoms with Crippen LogP contribution in [0.15, 0.2) is 48.9 Å². The minimum atomic E-state index is 0.885. The fourth-order valence-electron chi connectivity index (χ4n) is 2.34. The molecule has 0 aliphatic carbocycles. The van der Waals surface area contributed by atoms with Crippen molar-refractivity contribution < 1.29 is 0 Å². The van der Waals surface area contributed by atoms with Crippen molar-refractivity contribution in [2.75, 3.05) is 6.54 Å². The van der Waals surface area contributed by atoms with E-state index >= 15 is 0 Å². The highest BCUT2D eigenvalue weighted by Crippen LogP contribution is 2.14. The van der Waals surface area contributed by atoms with E-state index in [0.29, 0.717) is 0 Å². The lowest BCUT2D eigenvalue weighted by Gasteiger charge is -2.06. The molecule has 0 saturated carbocycles. The monoisotopic (exact) mass is 266 g/mol. The molecule has 0 bridgehead atoms. The second kappa shape index (κ2) is 5.84. The van der Waals surface area contributed by atoms with Gasteiger partial charge in [0.1, 0.15) is 0 Å². The van der Waals surface area contributed by atoms with Crippen molar-refractivity contribution in [2.24, 2.45) is 7.05 Å². The first-order chi connectivity index (χ1) is 9.83. The van der Waals surface area contributed by atoms with Crippen LogP contribution < -0.4 is 5.32 Å². The van der Waals surface area contributed by atoms with Gasteiger partial charge in [0, 0.05) is 56.2 Å². The van der Waals surface area contributed by atoms with Gasteiger partial charge >= 0.3 is 0 Å². The molecule has 3 aromatic rings. The molecule has 3 rings (SSSR count). The summed E-state index contributed by atoms with van der Waals surface area (Å²) in [7, 11) is 1.98. The van der Waals surface area contributed by atoms with E-state index in [4.69, 9.17) is 0 Å². The van der Waals surface area contributed by atoms with Crippen molar-refractivity contribution in [3.05, 3.63) is 60.2 Å². The van der Waals surface area contributed by atoms with Crippen molar-refractivity contribution >= 4 is 10.8 Å². The lowest BCUT2D eigenvalue weighted by Crippen LogP contribution is -2.17. The molecule has 0 radical (unpaired) electrons. The minimum Gasteiger partial charge on any atom is -0.312 e. The Balaban J connectivity index is 1.56. The van der Waals surface area contributed by atoms with E-state index in [-0.39, 0.29) is 0 Å². The summed E-state index contributed by atoms with van der Waals surface area (Å²) >= 11 is 0. The van der Waals surface area contributed by atoms with Gasteiger partial charge < -0.3 is 5.32 Å². The third kappa shape index (κ3) is 2.86. The number of pyridine rings is 1. The molecule has 0 amide bonds. The van der Waals surface area contributed by atoms with Gasteiger partial charge in [0.25, 0.3) is 0 Å². The summed E-state index contributed by atoms with van der Waals surface area (Å²) in [6.45, 7) is 1.84. The van der Waals surface area contributed by atoms with Crippen molar-refractivity contribution in [3.8, 4) is 0 Å². The van der Waals surface area contributed by atoms with Crippen LogP contribution in [0.1, 0.15) is 11.3 Å². The molecule has 4 heteroatoms. The van der Waals surface area contributed by atoms with Gasteiger partial charge in [-0.05, 0) is 29.1 Å². The van der Waals surface area contributed by atoms with Crippen LogP contribution in [0.3, 0.4) is 0 Å². The van der Waals surface area contributed by atoms with Crippen molar-refractivity contribution in [1.82, 2.24) is 20.1 Å². The van der Waals surface area contributed by atoms with Crippen LogP contribution in [-0.2, 0) is 20.0 Å². The Morgan fingerprint density at radius 1 is 1.10 bits per heavy atom. The van der Waals surface area contributed by atoms with Gasteiger partial charge in [0.05, 0.1) is 0 Å². The summed E-state index contributed by atoms with van der Waals surface area (Å²) in [6, 6.07) is 10.6. The van der Waals surface area contributed by atoms with Crippen LogP contribution >= 0.6 is 0 Å². The Kier molecular flexibility index (Phi) is 3.74. The van der Waals surface area contributed by atoms with Crippen LogP contribution in [-0.4, -0.2) is 21.3 Å². The van der Waals surface area contributed by atoms with E-state index in [1.807, 2.05) is 30.3 Å². The van der Waals surface area contributed by atoms with Gasteiger partial charge in [-0.2, -0.15) is 5.10 Å². The Morgan fingerprint density at radius 3 is 2.90 bits per heavy atom. The van der Waals surface area contributed by atoms with Gasteiger partial charge in [-0.15, -0.1) is 0 Å². The number of nitrogens with one attached hydrogen (secondary N) is 1. The van der Waals surface area contributed by atoms with Crippen molar-refractivity contribution in [2.45, 2.75) is 13.0 Å². The highest BCUT2D eigenvalue weighted by molar-refractivity contribution is 5.81. The number of hydrogen-bond acceptors (Lipinski definition) is 3. The minimum absolute atomic E-state index is 0.885. The van der Waals surface area contributed by atoms with Crippen LogP contribution in [0.5, 0.6) is 0 Å². The van der Waals surface area contributed by atoms with Crippen LogP contribution in [0.2, 0.25) is 0 Å². The highest BCUT2D eigenvalue weighted by Gasteiger charge is 1.99. The second-order valence-corrected chi connectivity index (χ2v) is 4.93. The SMILES string of the molecule is Cn1nccc1CCNCc1ccc2cnccc2c1. The second-order valence-electron chi connectivity index (χ2n) is 4.93. The summed E-state index contributed by atoms with van der Waals surface area (Å²) < 4.78 is 1.92. The van der Waals surface area contributed by atoms with Crippen LogP contribution in [0.4, 0.5) is 0 Å². The van der Waals surface area contributed by atoms with Crippen molar-refractivity contribution in [1.29, 1.82) is 0 Å². The quantitative estimate of drug-likeness (QED) is 0.721. The Morgan fingerprint density at radius 2 is 2.05 bits per heavy atom. The normalized spacial score (nSPS) is 11.1. The van der Waals surface area contributed by atoms with Crippen LogP contribution in [0.25, 0.3) is 10.8 Å². The summed E-state index contributed by atoms with van der Waals surface area (Å²) in [6.07, 6.45) is 6.57. The molecule has 102 valence electrons. The van der Waals surface area contributed by atoms with E-state index in [0.717, 1.165) is 19.5 Å². The molecular formula is C16H18N4. The molecular weight excluding hydrogens is 248 g/mol. The number of rotatable bonds is 5. The summed E-state index contributed by atoms with van der Waals surface area (Å²) in [5, 5.41) is 10.1. The van der Waals surface area contributed by atoms with Gasteiger partial charge in [0.15, 0.2) is 0 Å². The predicted octanol–water partition coefficient (Wildman–Crippen LogP) is 2.30. The largest absolute Gasteiger partial charge is 0.312 e. The first-order valence-electron chi connectivity index (χ1n) is 6.83. The highest BCUT2D eigenvalue weighted by atomic mass is 15.3. The third-order valence-corrected chi connectivity index (χ3v) is 3.51. The average molecular weight is 266 g/mol. The molecule has 0 aliphatic heterocycles. The van der Waals surface area contributed by atoms with E-state index in [1.54, 1.807) is 0 Å². The smallest absolute Gasteiger partial charge is 0.0492 e. The number of benzene rings is 1. The zero-order valence-corrected chi connectivity index (χ0v) is 11.6. The Hall–Kier alpha value is -2.20. The molecule has 0 unspecified atom stereocenters. The summed E-state index contributed by atoms with van der Waals surface area (Å²) in [5.41, 5.74) is 2.55. The molecule has 0 fully saturated rings. The molecule has 0 spiro atoms. The van der Waals surface area contributed by atoms with E-state index in [1.165, 1.54) is 22.0 Å². The fourth-order valence-corrected chi connectivity index (χ4v) is 2.34. The molecule has 1 N–H and O–H groups in total. The molecule has 1 aromatic carbocycles. The Bertz CT molecular complexity index is 702. The first-order valence-corrected chi connectivity index (χ1v) is 6.83. The molecule has 2 aromatic heterocycles. The third-order valence-electron chi connectivity index (χ3n) is 3.51. The number of aryl methyl sites for hydroxylation is 1. The van der Waals surface area contributed by atoms with E-state index in [9.17, 15) is 0 Å². The molecule has 0 aliphatic rings. The molecule has 0 saturated heterocycles. The molecule has 20 heavy (non-hydrogen) atoms. The first kappa shape index (κ1) is 12.8. The average Bonchev–Trinajstić information content (AvgIpc) is 2.89. The lowest BCUT2D eigenvalue weighted by molar-refractivity contribution is 0.643. The van der Waals surface area contributed by atoms with Gasteiger partial charge in [0.2, 0.25) is 0 Å². The molecule has 0 atom stereocenters. The zero-order chi connectivity index (χ0) is 13.8. The maximum absolute atomic E-state index is 4.17. The number of fused-ring (bicyclic) bond motifs is 1. The number of hydrogen-bond donors (Lipinski definition) is 1. The predicted molar refractivity (Wildman–Crippen MR) is 80.4 cm³/mol. The van der Waals surface area contributed by atoms with Gasteiger partial charge in [-0.3, -0.25) is 9.67 Å². The molecule has 2 heterocycles. The van der Waals surface area contributed by atoms with Crippen molar-refractivity contribution in [3.63, 3.8) is 0 Å². The van der Waals surface area contributed by atoms with Gasteiger partial charge in [-0.1, -0.05) is 12.1 Å². The topological polar surface area (TPSA) is 42.7 Å². The van der Waals surface area contributed by atoms with E-state index < -0.39 is 0 Å². The van der Waals surface area contributed by atoms with Gasteiger partial charge in [-0.25, -0.2) is 0 Å². The maximum atomic E-state index is 4.17.